The minimum absolute atomic E-state index is 0.479. The lowest BCUT2D eigenvalue weighted by Gasteiger charge is -2.61. The Balaban J connectivity index is 1.23. The van der Waals surface area contributed by atoms with Crippen LogP contribution in [0.4, 0.5) is 0 Å². The second-order valence-corrected chi connectivity index (χ2v) is 38.5. The fraction of sp³-hybridized carbons (Fsp3) is 0.818. The van der Waals surface area contributed by atoms with Gasteiger partial charge in [-0.15, -0.1) is 6.42 Å². The standard InChI is InChI=1S/C44H74O3Si4/c1-14-31-15-23-38(24-16-31)51(45-48(8,9)28-32-17-20-35-25-39(32)42(35,2)3,46-49(10,11)29-33-18-21-36-26-40(33)43(36,4)5)47-50(12,13)30-34-19-22-37-27-41(34)44(37,6)7/h1,15-16,23-24,32-37,39-41H,17-22,25-30H2,2-13H3. The molecule has 0 saturated heterocycles. The van der Waals surface area contributed by atoms with E-state index in [2.05, 4.69) is 111 Å². The fourth-order valence-electron chi connectivity index (χ4n) is 13.7. The predicted molar refractivity (Wildman–Crippen MR) is 224 cm³/mol. The summed E-state index contributed by atoms with van der Waals surface area (Å²) in [5.74, 6) is 10.4. The van der Waals surface area contributed by atoms with Gasteiger partial charge in [0.1, 0.15) is 0 Å². The highest BCUT2D eigenvalue weighted by molar-refractivity contribution is 6.96. The lowest BCUT2D eigenvalue weighted by Crippen LogP contribution is -2.69. The first-order valence-corrected chi connectivity index (χ1v) is 32.3. The van der Waals surface area contributed by atoms with Gasteiger partial charge in [-0.1, -0.05) is 78.9 Å². The van der Waals surface area contributed by atoms with Crippen LogP contribution in [-0.4, -0.2) is 33.8 Å². The van der Waals surface area contributed by atoms with Gasteiger partial charge in [0.15, 0.2) is 25.0 Å². The topological polar surface area (TPSA) is 27.7 Å². The van der Waals surface area contributed by atoms with Crippen LogP contribution in [0.5, 0.6) is 0 Å². The number of benzene rings is 1. The highest BCUT2D eigenvalue weighted by atomic mass is 28.5. The molecule has 1 aromatic carbocycles. The summed E-state index contributed by atoms with van der Waals surface area (Å²) in [4.78, 5) is 0. The van der Waals surface area contributed by atoms with Crippen molar-refractivity contribution >= 4 is 38.9 Å². The third-order valence-electron chi connectivity index (χ3n) is 16.9. The SMILES string of the molecule is C#Cc1ccc([Si](O[Si](C)(C)CC2CCC3CC2C3(C)C)(O[Si](C)(C)CC2CCC3CC2C3(C)C)O[Si](C)(C)CC2CCC3CC2C3(C)C)cc1. The zero-order valence-electron chi connectivity index (χ0n) is 34.8. The summed E-state index contributed by atoms with van der Waals surface area (Å²) in [6.45, 7) is 30.3. The zero-order valence-corrected chi connectivity index (χ0v) is 38.8. The van der Waals surface area contributed by atoms with E-state index in [4.69, 9.17) is 18.8 Å². The van der Waals surface area contributed by atoms with Gasteiger partial charge in [0.05, 0.1) is 0 Å². The smallest absolute Gasteiger partial charge is 0.413 e. The Morgan fingerprint density at radius 2 is 0.863 bits per heavy atom. The molecule has 9 saturated carbocycles. The molecular formula is C44H74O3Si4. The Morgan fingerprint density at radius 1 is 0.549 bits per heavy atom. The Kier molecular flexibility index (Phi) is 9.93. The molecule has 9 fully saturated rings. The van der Waals surface area contributed by atoms with Crippen LogP contribution in [0.2, 0.25) is 57.4 Å². The fourth-order valence-corrected chi connectivity index (χ4v) is 32.3. The van der Waals surface area contributed by atoms with E-state index in [1.807, 2.05) is 0 Å². The van der Waals surface area contributed by atoms with E-state index in [1.165, 1.54) is 75.9 Å². The monoisotopic (exact) mass is 762 g/mol. The van der Waals surface area contributed by atoms with Crippen LogP contribution in [0.15, 0.2) is 24.3 Å². The highest BCUT2D eigenvalue weighted by Crippen LogP contribution is 2.65. The maximum atomic E-state index is 7.98. The first kappa shape index (κ1) is 38.8. The normalized spacial score (nSPS) is 37.2. The maximum absolute atomic E-state index is 7.98. The average Bonchev–Trinajstić information content (AvgIpc) is 3.03. The lowest BCUT2D eigenvalue weighted by molar-refractivity contribution is -0.0999. The van der Waals surface area contributed by atoms with Crippen molar-refractivity contribution in [1.82, 2.24) is 0 Å². The Bertz CT molecular complexity index is 1350. The minimum Gasteiger partial charge on any atom is -0.413 e. The third-order valence-corrected chi connectivity index (χ3v) is 32.3. The van der Waals surface area contributed by atoms with Gasteiger partial charge in [0, 0.05) is 10.8 Å². The van der Waals surface area contributed by atoms with Crippen molar-refractivity contribution in [3.05, 3.63) is 29.8 Å². The first-order chi connectivity index (χ1) is 23.6. The molecule has 0 radical (unpaired) electrons. The number of terminal acetylenes is 1. The predicted octanol–water partition coefficient (Wildman–Crippen LogP) is 11.7. The van der Waals surface area contributed by atoms with Crippen molar-refractivity contribution in [3.63, 3.8) is 0 Å². The van der Waals surface area contributed by atoms with Crippen molar-refractivity contribution in [2.75, 3.05) is 0 Å². The summed E-state index contributed by atoms with van der Waals surface area (Å²) in [5, 5.41) is 1.16. The summed E-state index contributed by atoms with van der Waals surface area (Å²) < 4.78 is 23.9. The number of hydrogen-bond donors (Lipinski definition) is 0. The summed E-state index contributed by atoms with van der Waals surface area (Å²) in [5.41, 5.74) is 2.36. The van der Waals surface area contributed by atoms with Gasteiger partial charge in [-0.3, -0.25) is 0 Å². The van der Waals surface area contributed by atoms with Crippen molar-refractivity contribution in [3.8, 4) is 12.3 Å². The zero-order chi connectivity index (χ0) is 37.0. The molecule has 10 rings (SSSR count). The van der Waals surface area contributed by atoms with Crippen LogP contribution in [0.3, 0.4) is 0 Å². The van der Waals surface area contributed by atoms with Crippen LogP contribution in [0.1, 0.15) is 105 Å². The van der Waals surface area contributed by atoms with Gasteiger partial charge < -0.3 is 12.3 Å². The molecule has 9 aliphatic rings. The summed E-state index contributed by atoms with van der Waals surface area (Å²) in [6.07, 6.45) is 18.5. The van der Waals surface area contributed by atoms with Crippen LogP contribution < -0.4 is 5.19 Å². The van der Waals surface area contributed by atoms with Gasteiger partial charge in [0.25, 0.3) is 0 Å². The first-order valence-electron chi connectivity index (χ1n) is 21.3. The van der Waals surface area contributed by atoms with Gasteiger partial charge in [-0.2, -0.15) is 0 Å². The van der Waals surface area contributed by atoms with Crippen molar-refractivity contribution in [1.29, 1.82) is 0 Å². The molecule has 9 atom stereocenters. The van der Waals surface area contributed by atoms with Crippen molar-refractivity contribution in [2.24, 2.45) is 69.5 Å². The minimum atomic E-state index is -3.39. The van der Waals surface area contributed by atoms with Gasteiger partial charge in [0.2, 0.25) is 0 Å². The molecule has 0 heterocycles. The van der Waals surface area contributed by atoms with E-state index >= 15 is 0 Å². The number of hydrogen-bond acceptors (Lipinski definition) is 3. The molecule has 1 aromatic rings. The lowest BCUT2D eigenvalue weighted by atomic mass is 9.46. The Labute approximate surface area is 318 Å². The summed E-state index contributed by atoms with van der Waals surface area (Å²) in [6, 6.07) is 12.4. The van der Waals surface area contributed by atoms with Crippen molar-refractivity contribution in [2.45, 2.75) is 157 Å². The molecule has 51 heavy (non-hydrogen) atoms. The molecule has 7 heteroatoms. The molecule has 284 valence electrons. The maximum Gasteiger partial charge on any atom is 0.505 e. The summed E-state index contributed by atoms with van der Waals surface area (Å²) >= 11 is 0. The quantitative estimate of drug-likeness (QED) is 0.148. The Hall–Kier alpha value is -0.472. The van der Waals surface area contributed by atoms with E-state index in [0.29, 0.717) is 16.2 Å². The molecule has 9 aliphatic carbocycles. The molecule has 9 unspecified atom stereocenters. The summed E-state index contributed by atoms with van der Waals surface area (Å²) in [7, 11) is -10.2. The van der Waals surface area contributed by atoms with E-state index < -0.39 is 33.8 Å². The Morgan fingerprint density at radius 3 is 1.12 bits per heavy atom. The highest BCUT2D eigenvalue weighted by Gasteiger charge is 2.61. The van der Waals surface area contributed by atoms with Crippen LogP contribution in [0.25, 0.3) is 0 Å². The average molecular weight is 763 g/mol. The molecule has 0 amide bonds. The molecule has 0 aromatic heterocycles. The second-order valence-electron chi connectivity index (χ2n) is 22.6. The molecular weight excluding hydrogens is 689 g/mol. The molecule has 0 spiro atoms. The van der Waals surface area contributed by atoms with Crippen LogP contribution in [0, 0.1) is 81.8 Å². The van der Waals surface area contributed by atoms with Gasteiger partial charge in [-0.25, -0.2) is 0 Å². The second kappa shape index (κ2) is 13.1. The van der Waals surface area contributed by atoms with Crippen LogP contribution >= 0.6 is 0 Å². The molecule has 6 bridgehead atoms. The number of fused-ring (bicyclic) bond motifs is 6. The van der Waals surface area contributed by atoms with Crippen molar-refractivity contribution < 1.29 is 12.3 Å². The molecule has 0 aliphatic heterocycles. The van der Waals surface area contributed by atoms with E-state index in [9.17, 15) is 0 Å². The van der Waals surface area contributed by atoms with E-state index in [-0.39, 0.29) is 0 Å². The van der Waals surface area contributed by atoms with E-state index in [0.717, 1.165) is 64.0 Å². The molecule has 3 nitrogen and oxygen atoms in total. The van der Waals surface area contributed by atoms with Crippen LogP contribution in [-0.2, 0) is 12.3 Å². The van der Waals surface area contributed by atoms with Gasteiger partial charge >= 0.3 is 8.80 Å². The molecule has 0 N–H and O–H groups in total. The number of rotatable bonds is 13. The van der Waals surface area contributed by atoms with E-state index in [1.54, 1.807) is 0 Å². The van der Waals surface area contributed by atoms with Gasteiger partial charge in [-0.05, 0) is 178 Å². The third kappa shape index (κ3) is 7.10. The largest absolute Gasteiger partial charge is 0.505 e.